The molecule has 2 aromatic heterocycles. The lowest BCUT2D eigenvalue weighted by Gasteiger charge is -2.13. The molecule has 1 aliphatic rings. The summed E-state index contributed by atoms with van der Waals surface area (Å²) in [6.07, 6.45) is 7.05. The van der Waals surface area contributed by atoms with Crippen LogP contribution in [0.15, 0.2) is 52.1 Å². The van der Waals surface area contributed by atoms with Crippen molar-refractivity contribution in [3.8, 4) is 0 Å². The van der Waals surface area contributed by atoms with Gasteiger partial charge in [0.2, 0.25) is 0 Å². The second-order valence-electron chi connectivity index (χ2n) is 8.01. The Morgan fingerprint density at radius 1 is 1.13 bits per heavy atom. The van der Waals surface area contributed by atoms with E-state index in [-0.39, 0.29) is 5.91 Å². The van der Waals surface area contributed by atoms with Crippen molar-refractivity contribution in [3.63, 3.8) is 0 Å². The van der Waals surface area contributed by atoms with E-state index in [9.17, 15) is 4.79 Å². The number of nitrogens with zero attached hydrogens (tertiary/aromatic N) is 2. The summed E-state index contributed by atoms with van der Waals surface area (Å²) < 4.78 is 5.23. The van der Waals surface area contributed by atoms with Crippen LogP contribution in [0, 0.1) is 19.8 Å². The summed E-state index contributed by atoms with van der Waals surface area (Å²) in [6.45, 7) is 4.84. The minimum atomic E-state index is -0.166. The first-order chi connectivity index (χ1) is 15.1. The molecular formula is C24H28N4O2S. The predicted octanol–water partition coefficient (Wildman–Crippen LogP) is 5.83. The largest absolute Gasteiger partial charge is 0.385 e. The van der Waals surface area contributed by atoms with Crippen LogP contribution in [0.1, 0.15) is 53.1 Å². The lowest BCUT2D eigenvalue weighted by Crippen LogP contribution is -2.14. The Morgan fingerprint density at radius 3 is 2.58 bits per heavy atom. The average molecular weight is 437 g/mol. The maximum Gasteiger partial charge on any atom is 0.258 e. The van der Waals surface area contributed by atoms with Crippen molar-refractivity contribution in [1.29, 1.82) is 0 Å². The third-order valence-electron chi connectivity index (χ3n) is 5.76. The molecule has 2 N–H and O–H groups in total. The van der Waals surface area contributed by atoms with Gasteiger partial charge in [0.25, 0.3) is 5.91 Å². The van der Waals surface area contributed by atoms with Gasteiger partial charge in [0.15, 0.2) is 0 Å². The zero-order valence-corrected chi connectivity index (χ0v) is 18.8. The Balaban J connectivity index is 1.37. The number of anilines is 2. The topological polar surface area (TPSA) is 80.0 Å². The Morgan fingerprint density at radius 2 is 1.87 bits per heavy atom. The van der Waals surface area contributed by atoms with Crippen LogP contribution in [0.5, 0.6) is 0 Å². The number of aromatic nitrogens is 2. The molecule has 0 spiro atoms. The smallest absolute Gasteiger partial charge is 0.258 e. The molecule has 7 heteroatoms. The first kappa shape index (κ1) is 21.4. The quantitative estimate of drug-likeness (QED) is 0.432. The van der Waals surface area contributed by atoms with Gasteiger partial charge in [-0.05, 0) is 69.0 Å². The van der Waals surface area contributed by atoms with Crippen LogP contribution in [-0.2, 0) is 5.75 Å². The van der Waals surface area contributed by atoms with Crippen LogP contribution in [0.4, 0.5) is 11.4 Å². The fourth-order valence-electron chi connectivity index (χ4n) is 3.87. The van der Waals surface area contributed by atoms with Gasteiger partial charge in [-0.1, -0.05) is 18.0 Å². The molecule has 0 saturated heterocycles. The van der Waals surface area contributed by atoms with Crippen molar-refractivity contribution in [2.75, 3.05) is 17.2 Å². The Bertz CT molecular complexity index is 1010. The lowest BCUT2D eigenvalue weighted by molar-refractivity contribution is 0.102. The highest BCUT2D eigenvalue weighted by Gasteiger charge is 2.16. The molecule has 1 saturated carbocycles. The van der Waals surface area contributed by atoms with E-state index in [1.165, 1.54) is 37.4 Å². The molecule has 0 radical (unpaired) electrons. The van der Waals surface area contributed by atoms with Crippen molar-refractivity contribution in [1.82, 2.24) is 10.1 Å². The third kappa shape index (κ3) is 5.47. The number of nitrogens with one attached hydrogen (secondary N) is 2. The van der Waals surface area contributed by atoms with Gasteiger partial charge >= 0.3 is 0 Å². The molecule has 4 rings (SSSR count). The van der Waals surface area contributed by atoms with Gasteiger partial charge in [-0.2, -0.15) is 0 Å². The van der Waals surface area contributed by atoms with Crippen LogP contribution < -0.4 is 10.6 Å². The van der Waals surface area contributed by atoms with E-state index in [2.05, 4.69) is 20.8 Å². The summed E-state index contributed by atoms with van der Waals surface area (Å²) in [5.41, 5.74) is 4.32. The van der Waals surface area contributed by atoms with Crippen LogP contribution in [0.2, 0.25) is 0 Å². The molecule has 31 heavy (non-hydrogen) atoms. The van der Waals surface area contributed by atoms with Gasteiger partial charge in [-0.15, -0.1) is 11.8 Å². The van der Waals surface area contributed by atoms with Crippen molar-refractivity contribution in [3.05, 3.63) is 65.2 Å². The number of carbonyl (C=O) groups is 1. The number of hydrogen-bond donors (Lipinski definition) is 2. The molecule has 162 valence electrons. The van der Waals surface area contributed by atoms with E-state index in [0.29, 0.717) is 16.3 Å². The minimum Gasteiger partial charge on any atom is -0.385 e. The summed E-state index contributed by atoms with van der Waals surface area (Å²) in [5, 5.41) is 11.2. The second-order valence-corrected chi connectivity index (χ2v) is 8.97. The monoisotopic (exact) mass is 436 g/mol. The van der Waals surface area contributed by atoms with E-state index in [0.717, 1.165) is 40.9 Å². The molecule has 0 unspecified atom stereocenters. The van der Waals surface area contributed by atoms with E-state index in [1.54, 1.807) is 18.3 Å². The lowest BCUT2D eigenvalue weighted by atomic mass is 10.1. The van der Waals surface area contributed by atoms with Crippen molar-refractivity contribution in [2.24, 2.45) is 5.92 Å². The van der Waals surface area contributed by atoms with E-state index >= 15 is 0 Å². The zero-order valence-electron chi connectivity index (χ0n) is 18.0. The number of hydrogen-bond acceptors (Lipinski definition) is 6. The third-order valence-corrected chi connectivity index (χ3v) is 6.79. The average Bonchev–Trinajstić information content (AvgIpc) is 3.42. The molecule has 0 aliphatic heterocycles. The highest BCUT2D eigenvalue weighted by molar-refractivity contribution is 7.98. The molecule has 1 fully saturated rings. The van der Waals surface area contributed by atoms with Gasteiger partial charge < -0.3 is 15.2 Å². The summed E-state index contributed by atoms with van der Waals surface area (Å²) in [6, 6.07) is 11.5. The molecule has 1 aliphatic carbocycles. The van der Waals surface area contributed by atoms with Gasteiger partial charge in [0.05, 0.1) is 11.3 Å². The maximum atomic E-state index is 12.9. The first-order valence-electron chi connectivity index (χ1n) is 10.7. The van der Waals surface area contributed by atoms with Crippen LogP contribution >= 0.6 is 11.8 Å². The molecule has 2 heterocycles. The van der Waals surface area contributed by atoms with E-state index < -0.39 is 0 Å². The van der Waals surface area contributed by atoms with Crippen molar-refractivity contribution in [2.45, 2.75) is 50.3 Å². The SMILES string of the molecule is Cc1noc(C)c1CSc1ncccc1C(=O)Nc1ccc(NCC2CCCC2)cc1. The molecule has 0 atom stereocenters. The van der Waals surface area contributed by atoms with Gasteiger partial charge in [-0.25, -0.2) is 4.98 Å². The predicted molar refractivity (Wildman–Crippen MR) is 125 cm³/mol. The van der Waals surface area contributed by atoms with Gasteiger partial charge in [-0.3, -0.25) is 4.79 Å². The normalized spacial score (nSPS) is 14.0. The number of amides is 1. The molecule has 3 aromatic rings. The van der Waals surface area contributed by atoms with Crippen LogP contribution in [-0.4, -0.2) is 22.6 Å². The van der Waals surface area contributed by atoms with Crippen LogP contribution in [0.3, 0.4) is 0 Å². The van der Waals surface area contributed by atoms with Crippen LogP contribution in [0.25, 0.3) is 0 Å². The number of thioether (sulfide) groups is 1. The Kier molecular flexibility index (Phi) is 6.92. The fourth-order valence-corrected chi connectivity index (χ4v) is 5.02. The Labute approximate surface area is 187 Å². The van der Waals surface area contributed by atoms with E-state index in [1.807, 2.05) is 38.1 Å². The second kappa shape index (κ2) is 10.0. The molecular weight excluding hydrogens is 408 g/mol. The van der Waals surface area contributed by atoms with Crippen molar-refractivity contribution < 1.29 is 9.32 Å². The maximum absolute atomic E-state index is 12.9. The molecule has 6 nitrogen and oxygen atoms in total. The number of carbonyl (C=O) groups excluding carboxylic acids is 1. The first-order valence-corrected chi connectivity index (χ1v) is 11.7. The molecule has 0 bridgehead atoms. The molecule has 1 aromatic carbocycles. The number of aryl methyl sites for hydroxylation is 2. The number of rotatable bonds is 8. The highest BCUT2D eigenvalue weighted by Crippen LogP contribution is 2.28. The van der Waals surface area contributed by atoms with Gasteiger partial charge in [0.1, 0.15) is 10.8 Å². The Hall–Kier alpha value is -2.80. The minimum absolute atomic E-state index is 0.166. The van der Waals surface area contributed by atoms with Gasteiger partial charge in [0, 0.05) is 35.4 Å². The van der Waals surface area contributed by atoms with E-state index in [4.69, 9.17) is 4.52 Å². The van der Waals surface area contributed by atoms with Crippen molar-refractivity contribution >= 4 is 29.0 Å². The molecule has 1 amide bonds. The number of benzene rings is 1. The summed E-state index contributed by atoms with van der Waals surface area (Å²) in [7, 11) is 0. The zero-order chi connectivity index (χ0) is 21.6. The summed E-state index contributed by atoms with van der Waals surface area (Å²) in [5.74, 6) is 2.07. The highest BCUT2D eigenvalue weighted by atomic mass is 32.2. The fraction of sp³-hybridized carbons (Fsp3) is 0.375. The number of pyridine rings is 1. The standard InChI is InChI=1S/C24H28N4O2S/c1-16-22(17(2)30-28-16)15-31-24-21(8-5-13-25-24)23(29)27-20-11-9-19(10-12-20)26-14-18-6-3-4-7-18/h5,8-13,18,26H,3-4,6-7,14-15H2,1-2H3,(H,27,29). The summed E-state index contributed by atoms with van der Waals surface area (Å²) in [4.78, 5) is 17.3. The summed E-state index contributed by atoms with van der Waals surface area (Å²) >= 11 is 1.51.